The maximum atomic E-state index is 10.2. The van der Waals surface area contributed by atoms with Gasteiger partial charge in [0.05, 0.1) is 5.75 Å². The molecule has 0 aliphatic heterocycles. The van der Waals surface area contributed by atoms with E-state index in [0.717, 1.165) is 0 Å². The summed E-state index contributed by atoms with van der Waals surface area (Å²) < 4.78 is 33.6. The van der Waals surface area contributed by atoms with Crippen LogP contribution in [0.1, 0.15) is 6.42 Å². The number of aliphatic hydroxyl groups is 1. The second-order valence-corrected chi connectivity index (χ2v) is 3.78. The van der Waals surface area contributed by atoms with E-state index < -0.39 is 10.1 Å². The van der Waals surface area contributed by atoms with Crippen molar-refractivity contribution in [3.63, 3.8) is 0 Å². The molecule has 5 nitrogen and oxygen atoms in total. The molecular formula is C7H12O5S. The van der Waals surface area contributed by atoms with Gasteiger partial charge in [-0.1, -0.05) is 11.8 Å². The molecule has 0 aromatic rings. The summed E-state index contributed by atoms with van der Waals surface area (Å²) in [6.07, 6.45) is 0.236. The van der Waals surface area contributed by atoms with Gasteiger partial charge in [0.15, 0.2) is 0 Å². The number of aliphatic hydroxyl groups excluding tert-OH is 1. The van der Waals surface area contributed by atoms with E-state index in [0.29, 0.717) is 0 Å². The lowest BCUT2D eigenvalue weighted by Crippen LogP contribution is -2.07. The van der Waals surface area contributed by atoms with Crippen molar-refractivity contribution in [3.8, 4) is 11.8 Å². The van der Waals surface area contributed by atoms with Crippen molar-refractivity contribution >= 4 is 10.1 Å². The fraction of sp³-hybridized carbons (Fsp3) is 0.714. The summed E-state index contributed by atoms with van der Waals surface area (Å²) in [6, 6.07) is 0. The Hall–Kier alpha value is -0.610. The molecule has 0 spiro atoms. The Bertz CT molecular complexity index is 271. The van der Waals surface area contributed by atoms with Crippen LogP contribution in [-0.4, -0.2) is 43.7 Å². The third-order valence-corrected chi connectivity index (χ3v) is 1.87. The number of hydrogen-bond donors (Lipinski definition) is 2. The van der Waals surface area contributed by atoms with Crippen LogP contribution >= 0.6 is 0 Å². The highest BCUT2D eigenvalue weighted by molar-refractivity contribution is 7.85. The lowest BCUT2D eigenvalue weighted by molar-refractivity contribution is 0.167. The van der Waals surface area contributed by atoms with E-state index >= 15 is 0 Å². The minimum absolute atomic E-state index is 0.159. The lowest BCUT2D eigenvalue weighted by atomic mass is 10.5. The molecule has 0 unspecified atom stereocenters. The summed E-state index contributed by atoms with van der Waals surface area (Å²) >= 11 is 0. The van der Waals surface area contributed by atoms with E-state index in [1.165, 1.54) is 0 Å². The van der Waals surface area contributed by atoms with Crippen molar-refractivity contribution in [1.82, 2.24) is 0 Å². The molecule has 2 N–H and O–H groups in total. The van der Waals surface area contributed by atoms with E-state index in [2.05, 4.69) is 11.8 Å². The zero-order valence-corrected chi connectivity index (χ0v) is 7.88. The molecule has 0 fully saturated rings. The first-order valence-electron chi connectivity index (χ1n) is 3.66. The van der Waals surface area contributed by atoms with Gasteiger partial charge in [-0.15, -0.1) is 0 Å². The van der Waals surface area contributed by atoms with Gasteiger partial charge in [-0.25, -0.2) is 0 Å². The highest BCUT2D eigenvalue weighted by atomic mass is 32.2. The Morgan fingerprint density at radius 1 is 1.31 bits per heavy atom. The fourth-order valence-electron chi connectivity index (χ4n) is 0.574. The zero-order valence-electron chi connectivity index (χ0n) is 7.06. The van der Waals surface area contributed by atoms with Crippen LogP contribution in [0.25, 0.3) is 0 Å². The second-order valence-electron chi connectivity index (χ2n) is 2.20. The van der Waals surface area contributed by atoms with Crippen molar-refractivity contribution in [2.45, 2.75) is 6.42 Å². The Labute approximate surface area is 77.5 Å². The lowest BCUT2D eigenvalue weighted by Gasteiger charge is -1.97. The predicted octanol–water partition coefficient (Wildman–Crippen LogP) is -0.723. The predicted molar refractivity (Wildman–Crippen MR) is 46.7 cm³/mol. The summed E-state index contributed by atoms with van der Waals surface area (Å²) in [5.41, 5.74) is 0. The van der Waals surface area contributed by atoms with Gasteiger partial charge < -0.3 is 9.84 Å². The quantitative estimate of drug-likeness (QED) is 0.354. The van der Waals surface area contributed by atoms with Gasteiger partial charge in [0.2, 0.25) is 0 Å². The molecule has 0 aromatic heterocycles. The van der Waals surface area contributed by atoms with E-state index in [1.807, 2.05) is 0 Å². The Morgan fingerprint density at radius 3 is 2.54 bits per heavy atom. The molecule has 0 aliphatic rings. The molecule has 0 amide bonds. The largest absolute Gasteiger partial charge is 0.384 e. The molecule has 0 saturated heterocycles. The minimum atomic E-state index is -3.88. The Kier molecular flexibility index (Phi) is 6.54. The monoisotopic (exact) mass is 208 g/mol. The van der Waals surface area contributed by atoms with E-state index in [1.54, 1.807) is 0 Å². The topological polar surface area (TPSA) is 83.8 Å². The summed E-state index contributed by atoms with van der Waals surface area (Å²) in [5.74, 6) is 4.56. The first kappa shape index (κ1) is 12.4. The number of ether oxygens (including phenoxy) is 1. The maximum absolute atomic E-state index is 10.2. The molecule has 76 valence electrons. The van der Waals surface area contributed by atoms with E-state index in [-0.39, 0.29) is 32.0 Å². The average molecular weight is 208 g/mol. The molecule has 0 radical (unpaired) electrons. The van der Waals surface area contributed by atoms with Crippen molar-refractivity contribution in [1.29, 1.82) is 0 Å². The summed E-state index contributed by atoms with van der Waals surface area (Å²) in [6.45, 7) is 0.167. The van der Waals surface area contributed by atoms with Gasteiger partial charge in [-0.3, -0.25) is 4.55 Å². The van der Waals surface area contributed by atoms with Gasteiger partial charge in [0.1, 0.15) is 13.2 Å². The van der Waals surface area contributed by atoms with Gasteiger partial charge in [-0.05, 0) is 6.42 Å². The molecule has 0 bridgehead atoms. The van der Waals surface area contributed by atoms with Crippen molar-refractivity contribution in [3.05, 3.63) is 0 Å². The third kappa shape index (κ3) is 11.4. The van der Waals surface area contributed by atoms with Gasteiger partial charge in [0.25, 0.3) is 10.1 Å². The maximum Gasteiger partial charge on any atom is 0.264 e. The van der Waals surface area contributed by atoms with E-state index in [4.69, 9.17) is 14.4 Å². The SMILES string of the molecule is O=S(=O)(O)CCCOCC#CCO. The molecule has 6 heteroatoms. The van der Waals surface area contributed by atoms with Gasteiger partial charge in [0, 0.05) is 6.61 Å². The van der Waals surface area contributed by atoms with Crippen LogP contribution in [-0.2, 0) is 14.9 Å². The fourth-order valence-corrected chi connectivity index (χ4v) is 1.06. The second kappa shape index (κ2) is 6.86. The van der Waals surface area contributed by atoms with Crippen LogP contribution in [0.5, 0.6) is 0 Å². The Balaban J connectivity index is 3.28. The smallest absolute Gasteiger partial charge is 0.264 e. The van der Waals surface area contributed by atoms with Gasteiger partial charge in [-0.2, -0.15) is 8.42 Å². The van der Waals surface area contributed by atoms with Crippen LogP contribution in [0.15, 0.2) is 0 Å². The minimum Gasteiger partial charge on any atom is -0.384 e. The Morgan fingerprint density at radius 2 is 2.00 bits per heavy atom. The molecule has 0 rings (SSSR count). The first-order valence-corrected chi connectivity index (χ1v) is 5.26. The zero-order chi connectivity index (χ0) is 10.2. The van der Waals surface area contributed by atoms with Gasteiger partial charge >= 0.3 is 0 Å². The highest BCUT2D eigenvalue weighted by Gasteiger charge is 2.02. The van der Waals surface area contributed by atoms with Crippen LogP contribution < -0.4 is 0 Å². The average Bonchev–Trinajstić information content (AvgIpc) is 2.01. The first-order chi connectivity index (χ1) is 6.06. The summed E-state index contributed by atoms with van der Waals surface area (Å²) in [7, 11) is -3.88. The van der Waals surface area contributed by atoms with Crippen LogP contribution in [0, 0.1) is 11.8 Å². The van der Waals surface area contributed by atoms with Crippen molar-refractivity contribution in [2.75, 3.05) is 25.6 Å². The molecule has 0 aromatic carbocycles. The van der Waals surface area contributed by atoms with Crippen LogP contribution in [0.2, 0.25) is 0 Å². The van der Waals surface area contributed by atoms with Crippen LogP contribution in [0.4, 0.5) is 0 Å². The number of rotatable bonds is 5. The molecule has 0 saturated carbocycles. The summed E-state index contributed by atoms with van der Waals surface area (Å²) in [5, 5.41) is 8.23. The highest BCUT2D eigenvalue weighted by Crippen LogP contribution is 1.88. The molecule has 13 heavy (non-hydrogen) atoms. The molecule has 0 heterocycles. The van der Waals surface area contributed by atoms with Crippen molar-refractivity contribution in [2.24, 2.45) is 0 Å². The number of hydrogen-bond acceptors (Lipinski definition) is 4. The normalized spacial score (nSPS) is 10.6. The van der Waals surface area contributed by atoms with Crippen molar-refractivity contribution < 1.29 is 22.8 Å². The molecule has 0 aliphatic carbocycles. The molecule has 0 atom stereocenters. The van der Waals surface area contributed by atoms with Crippen LogP contribution in [0.3, 0.4) is 0 Å². The summed E-state index contributed by atoms with van der Waals surface area (Å²) in [4.78, 5) is 0. The third-order valence-electron chi connectivity index (χ3n) is 1.07. The molecular weight excluding hydrogens is 196 g/mol. The van der Waals surface area contributed by atoms with E-state index in [9.17, 15) is 8.42 Å². The standard InChI is InChI=1S/C7H12O5S/c8-4-1-2-5-12-6-3-7-13(9,10)11/h8H,3-7H2,(H,9,10,11).